The lowest BCUT2D eigenvalue weighted by atomic mass is 9.86. The zero-order valence-corrected chi connectivity index (χ0v) is 61.3. The summed E-state index contributed by atoms with van der Waals surface area (Å²) in [5.41, 5.74) is 15.5. The molecule has 7 N–H and O–H groups in total. The Balaban J connectivity index is 0.000000420. The van der Waals surface area contributed by atoms with Crippen molar-refractivity contribution in [3.63, 3.8) is 0 Å². The number of hydrogen-bond acceptors (Lipinski definition) is 18. The second-order valence-corrected chi connectivity index (χ2v) is 29.3. The molecule has 20 nitrogen and oxygen atoms in total. The summed E-state index contributed by atoms with van der Waals surface area (Å²) in [6.45, 7) is 10.3. The highest BCUT2D eigenvalue weighted by atomic mass is 32.1. The van der Waals surface area contributed by atoms with Crippen molar-refractivity contribution in [1.82, 2.24) is 56.3 Å². The Bertz CT molecular complexity index is 3620. The number of hydrogen-bond donors (Lipinski definition) is 6. The molecule has 0 spiro atoms. The zero-order chi connectivity index (χ0) is 70.7. The lowest BCUT2D eigenvalue weighted by Gasteiger charge is -2.26. The van der Waals surface area contributed by atoms with Crippen LogP contribution in [0.1, 0.15) is 167 Å². The largest absolute Gasteiger partial charge is 0.444 e. The van der Waals surface area contributed by atoms with Gasteiger partial charge in [-0.25, -0.2) is 29.1 Å². The van der Waals surface area contributed by atoms with Crippen LogP contribution in [-0.2, 0) is 71.0 Å². The highest BCUT2D eigenvalue weighted by Crippen LogP contribution is 2.26. The second-order valence-electron chi connectivity index (χ2n) is 25.6. The van der Waals surface area contributed by atoms with Crippen molar-refractivity contribution in [2.24, 2.45) is 17.6 Å². The Morgan fingerprint density at radius 3 is 1.17 bits per heavy atom. The topological polar surface area (TPSA) is 265 Å². The van der Waals surface area contributed by atoms with E-state index < -0.39 is 24.3 Å². The Morgan fingerprint density at radius 2 is 0.843 bits per heavy atom. The van der Waals surface area contributed by atoms with Crippen molar-refractivity contribution < 1.29 is 38.2 Å². The number of thiazole rings is 4. The van der Waals surface area contributed by atoms with Crippen molar-refractivity contribution in [3.8, 4) is 0 Å². The molecule has 8 aromatic rings. The molecule has 4 aromatic carbocycles. The van der Waals surface area contributed by atoms with Crippen LogP contribution in [0, 0.1) is 11.8 Å². The average Bonchev–Trinajstić information content (AvgIpc) is 1.48. The van der Waals surface area contributed by atoms with E-state index in [1.807, 2.05) is 115 Å². The smallest absolute Gasteiger partial charge is 0.407 e. The monoisotopic (exact) mass is 1470 g/mol. The zero-order valence-electron chi connectivity index (χ0n) is 58.0. The number of rotatable bonds is 39. The van der Waals surface area contributed by atoms with Gasteiger partial charge in [0.25, 0.3) is 0 Å². The number of nitrogens with one attached hydrogen (secondary N) is 5. The summed E-state index contributed by atoms with van der Waals surface area (Å²) >= 11 is 6.05. The highest BCUT2D eigenvalue weighted by molar-refractivity contribution is 7.10. The van der Waals surface area contributed by atoms with Gasteiger partial charge in [-0.3, -0.25) is 19.6 Å². The minimum Gasteiger partial charge on any atom is -0.444 e. The quantitative estimate of drug-likeness (QED) is 0.0209. The lowest BCUT2D eigenvalue weighted by molar-refractivity contribution is -0.122. The third kappa shape index (κ3) is 31.5. The molecule has 0 radical (unpaired) electrons. The normalized spacial score (nSPS) is 12.6. The van der Waals surface area contributed by atoms with E-state index >= 15 is 0 Å². The number of ketones is 2. The van der Waals surface area contributed by atoms with Crippen LogP contribution in [0.4, 0.5) is 19.2 Å². The average molecular weight is 1470 g/mol. The van der Waals surface area contributed by atoms with Gasteiger partial charge in [0.15, 0.2) is 11.6 Å². The van der Waals surface area contributed by atoms with Crippen LogP contribution in [0.5, 0.6) is 0 Å². The number of ether oxygens (including phenoxy) is 2. The summed E-state index contributed by atoms with van der Waals surface area (Å²) in [4.78, 5) is 102. The number of benzene rings is 4. The number of urea groups is 2. The Hall–Kier alpha value is -8.26. The number of aromatic nitrogens is 4. The van der Waals surface area contributed by atoms with Crippen LogP contribution in [0.25, 0.3) is 0 Å². The van der Waals surface area contributed by atoms with Gasteiger partial charge in [0.1, 0.15) is 13.2 Å². The van der Waals surface area contributed by atoms with E-state index in [1.54, 1.807) is 70.0 Å². The van der Waals surface area contributed by atoms with Gasteiger partial charge in [-0.05, 0) is 118 Å². The van der Waals surface area contributed by atoms with Crippen molar-refractivity contribution in [3.05, 3.63) is 209 Å². The van der Waals surface area contributed by atoms with Crippen LogP contribution in [0.15, 0.2) is 156 Å². The first kappa shape index (κ1) is 86.1. The summed E-state index contributed by atoms with van der Waals surface area (Å²) in [6, 6.07) is 37.9. The summed E-state index contributed by atoms with van der Waals surface area (Å²) in [6.07, 6.45) is 9.10. The molecule has 0 saturated carbocycles. The number of carbonyl (C=O) groups excluding carboxylic acids is 6. The number of carbonyl (C=O) groups is 6. The fourth-order valence-corrected chi connectivity index (χ4v) is 14.0. The molecule has 0 aliphatic carbocycles. The molecule has 0 saturated heterocycles. The van der Waals surface area contributed by atoms with Gasteiger partial charge in [-0.15, -0.1) is 45.3 Å². The molecule has 0 aliphatic rings. The Kier molecular flexibility index (Phi) is 39.8. The minimum absolute atomic E-state index is 0. The van der Waals surface area contributed by atoms with E-state index in [4.69, 9.17) is 15.2 Å². The number of nitrogens with zero attached hydrogens (tertiary/aromatic N) is 6. The van der Waals surface area contributed by atoms with Crippen LogP contribution >= 0.6 is 45.3 Å². The molecule has 6 unspecified atom stereocenters. The maximum Gasteiger partial charge on any atom is 0.407 e. The maximum atomic E-state index is 14.0. The van der Waals surface area contributed by atoms with Crippen molar-refractivity contribution in [2.45, 2.75) is 189 Å². The third-order valence-electron chi connectivity index (χ3n) is 16.6. The molecule has 0 aliphatic heterocycles. The molecular formula is C78H110N12O8S4. The van der Waals surface area contributed by atoms with Gasteiger partial charge < -0.3 is 51.6 Å². The first-order valence-corrected chi connectivity index (χ1v) is 37.5. The predicted molar refractivity (Wildman–Crippen MR) is 416 cm³/mol. The van der Waals surface area contributed by atoms with Gasteiger partial charge in [0.05, 0.1) is 67.4 Å². The standard InChI is InChI=1S/C38H50N6O4S2.C37H48N6O4S2.3CH4/c1-27(2)36-41-32(25-49-36)23-44(4)37(46)43-34(17-18-39-3)35(45)21-30(19-28-11-7-5-8-12-28)15-16-31(20-29-13-9-6-10-14-29)42-38(47)48-24-33-22-40-26-50-33;1-26(2)35-40-31(24-48-35)22-43(3)36(45)42-33(16-17-38)34(44)20-29(18-27-10-6-4-7-11-27)14-15-30(19-28-12-8-5-9-13-28)41-37(46)47-23-32-21-39-25-49-32;;;/h5-14,22,25-27,30-31,34,39H,15-21,23-24H2,1-4H3,(H,42,47)(H,43,46);4-13,21,24-26,29-30,33H,14-20,22-23,38H2,1-3H3,(H,41,46)(H,42,45);3*1H4. The Morgan fingerprint density at radius 1 is 0.480 bits per heavy atom. The first-order valence-electron chi connectivity index (χ1n) is 34.0. The molecule has 8 rings (SSSR count). The van der Waals surface area contributed by atoms with Crippen molar-refractivity contribution >= 4 is 81.2 Å². The SMILES string of the molecule is C.C.C.CC(C)c1nc(CN(C)C(=O)NC(CCN)C(=O)CC(CCC(Cc2ccccc2)NC(=O)OCc2cncs2)Cc2ccccc2)cs1.CNCCC(NC(=O)N(C)Cc1csc(C(C)C)n1)C(=O)CC(CCC(Cc1ccccc1)NC(=O)OCc1cncs1)Cc1ccccc1. The van der Waals surface area contributed by atoms with Crippen molar-refractivity contribution in [1.29, 1.82) is 0 Å². The molecule has 4 aromatic heterocycles. The second kappa shape index (κ2) is 47.1. The maximum absolute atomic E-state index is 14.0. The van der Waals surface area contributed by atoms with Crippen LogP contribution in [-0.4, -0.2) is 124 Å². The summed E-state index contributed by atoms with van der Waals surface area (Å²) in [5.74, 6) is 0.556. The molecule has 102 heavy (non-hydrogen) atoms. The van der Waals surface area contributed by atoms with Gasteiger partial charge in [0.2, 0.25) is 0 Å². The molecule has 24 heteroatoms. The van der Waals surface area contributed by atoms with Crippen LogP contribution < -0.4 is 32.3 Å². The van der Waals surface area contributed by atoms with E-state index in [1.165, 1.54) is 22.7 Å². The van der Waals surface area contributed by atoms with E-state index in [0.717, 1.165) is 53.4 Å². The van der Waals surface area contributed by atoms with Crippen molar-refractivity contribution in [2.75, 3.05) is 34.2 Å². The van der Waals surface area contributed by atoms with E-state index in [-0.39, 0.29) is 96.0 Å². The van der Waals surface area contributed by atoms with Crippen LogP contribution in [0.2, 0.25) is 0 Å². The minimum atomic E-state index is -0.708. The van der Waals surface area contributed by atoms with Gasteiger partial charge in [-0.2, -0.15) is 0 Å². The van der Waals surface area contributed by atoms with Gasteiger partial charge in [0, 0.05) is 74.0 Å². The van der Waals surface area contributed by atoms with Crippen LogP contribution in [0.3, 0.4) is 0 Å². The summed E-state index contributed by atoms with van der Waals surface area (Å²) in [7, 11) is 5.27. The number of amides is 6. The molecule has 6 amide bonds. The fourth-order valence-electron chi connectivity index (χ4n) is 11.3. The number of nitrogens with two attached hydrogens (primary N) is 1. The number of Topliss-reactive ketones (excluding diaryl/α,β-unsaturated/α-hetero) is 2. The molecule has 0 bridgehead atoms. The summed E-state index contributed by atoms with van der Waals surface area (Å²) < 4.78 is 11.0. The van der Waals surface area contributed by atoms with E-state index in [9.17, 15) is 28.8 Å². The fraction of sp³-hybridized carbons (Fsp3) is 0.462. The van der Waals surface area contributed by atoms with Gasteiger partial charge >= 0.3 is 24.2 Å². The number of alkyl carbamates (subject to hydrolysis) is 2. The molecule has 4 heterocycles. The van der Waals surface area contributed by atoms with Gasteiger partial charge in [-0.1, -0.05) is 171 Å². The van der Waals surface area contributed by atoms with E-state index in [2.05, 4.69) is 98.5 Å². The first-order chi connectivity index (χ1) is 47.9. The van der Waals surface area contributed by atoms with E-state index in [0.29, 0.717) is 102 Å². The molecule has 6 atom stereocenters. The molecule has 554 valence electrons. The predicted octanol–water partition coefficient (Wildman–Crippen LogP) is 15.6. The summed E-state index contributed by atoms with van der Waals surface area (Å²) in [5, 5.41) is 21.2. The molecular weight excluding hydrogens is 1360 g/mol. The highest BCUT2D eigenvalue weighted by Gasteiger charge is 2.29. The molecule has 0 fully saturated rings. The third-order valence-corrected chi connectivity index (χ3v) is 20.5. The lowest BCUT2D eigenvalue weighted by Crippen LogP contribution is -2.47. The Labute approximate surface area is 621 Å².